The van der Waals surface area contributed by atoms with Crippen LogP contribution in [0, 0.1) is 0 Å². The molecule has 0 aliphatic heterocycles. The Bertz CT molecular complexity index is 594. The Morgan fingerprint density at radius 1 is 1.12 bits per heavy atom. The van der Waals surface area contributed by atoms with Gasteiger partial charge in [0.05, 0.1) is 13.7 Å². The van der Waals surface area contributed by atoms with Gasteiger partial charge in [0.2, 0.25) is 0 Å². The van der Waals surface area contributed by atoms with E-state index in [9.17, 15) is 0 Å². The first-order chi connectivity index (χ1) is 11.8. The Hall–Kier alpha value is -2.57. The van der Waals surface area contributed by atoms with E-state index in [0.717, 1.165) is 49.7 Å². The number of aromatic nitrogens is 3. The number of nitrogens with zero attached hydrogens (tertiary/aromatic N) is 4. The summed E-state index contributed by atoms with van der Waals surface area (Å²) in [5.74, 6) is 1.71. The molecule has 1 aromatic heterocycles. The third-order valence-corrected chi connectivity index (χ3v) is 3.53. The highest BCUT2D eigenvalue weighted by atomic mass is 16.5. The van der Waals surface area contributed by atoms with E-state index in [1.807, 2.05) is 28.8 Å². The highest BCUT2D eigenvalue weighted by molar-refractivity contribution is 5.79. The molecule has 24 heavy (non-hydrogen) atoms. The molecule has 2 aromatic rings. The van der Waals surface area contributed by atoms with Gasteiger partial charge in [-0.1, -0.05) is 12.1 Å². The summed E-state index contributed by atoms with van der Waals surface area (Å²) in [6.45, 7) is 5.37. The highest BCUT2D eigenvalue weighted by Gasteiger charge is 1.99. The molecule has 0 saturated carbocycles. The van der Waals surface area contributed by atoms with Crippen LogP contribution in [-0.4, -0.2) is 40.9 Å². The molecular weight excluding hydrogens is 304 g/mol. The van der Waals surface area contributed by atoms with Gasteiger partial charge < -0.3 is 19.9 Å². The number of guanidine groups is 1. The zero-order valence-electron chi connectivity index (χ0n) is 14.4. The van der Waals surface area contributed by atoms with Gasteiger partial charge in [-0.2, -0.15) is 0 Å². The number of unbranched alkanes of at least 4 members (excludes halogenated alkanes) is 1. The zero-order valence-corrected chi connectivity index (χ0v) is 14.4. The molecule has 0 atom stereocenters. The number of aryl methyl sites for hydroxylation is 1. The lowest BCUT2D eigenvalue weighted by atomic mass is 10.2. The molecule has 2 rings (SSSR count). The first-order valence-electron chi connectivity index (χ1n) is 8.29. The maximum absolute atomic E-state index is 5.17. The molecule has 0 saturated heterocycles. The van der Waals surface area contributed by atoms with Crippen LogP contribution < -0.4 is 15.4 Å². The van der Waals surface area contributed by atoms with Gasteiger partial charge in [0, 0.05) is 19.6 Å². The molecule has 0 unspecified atom stereocenters. The van der Waals surface area contributed by atoms with Crippen molar-refractivity contribution in [1.29, 1.82) is 0 Å². The molecule has 0 aliphatic carbocycles. The van der Waals surface area contributed by atoms with E-state index >= 15 is 0 Å². The maximum Gasteiger partial charge on any atom is 0.191 e. The standard InChI is InChI=1S/C17H26N6O/c1-3-18-17(19-10-4-5-11-23-13-21-22-14-23)20-12-15-6-8-16(24-2)9-7-15/h6-9,13-14H,3-5,10-12H2,1-2H3,(H2,18,19,20). The van der Waals surface area contributed by atoms with Gasteiger partial charge in [-0.05, 0) is 37.5 Å². The molecule has 7 heteroatoms. The smallest absolute Gasteiger partial charge is 0.191 e. The van der Waals surface area contributed by atoms with E-state index in [4.69, 9.17) is 4.74 Å². The van der Waals surface area contributed by atoms with Crippen LogP contribution in [0.4, 0.5) is 0 Å². The Morgan fingerprint density at radius 3 is 2.54 bits per heavy atom. The second-order valence-corrected chi connectivity index (χ2v) is 5.38. The molecular formula is C17H26N6O. The van der Waals surface area contributed by atoms with Crippen molar-refractivity contribution in [2.24, 2.45) is 4.99 Å². The predicted molar refractivity (Wildman–Crippen MR) is 95.1 cm³/mol. The molecule has 1 aromatic carbocycles. The molecule has 0 spiro atoms. The normalized spacial score (nSPS) is 11.3. The lowest BCUT2D eigenvalue weighted by Gasteiger charge is -2.11. The summed E-state index contributed by atoms with van der Waals surface area (Å²) >= 11 is 0. The second-order valence-electron chi connectivity index (χ2n) is 5.38. The van der Waals surface area contributed by atoms with Gasteiger partial charge in [-0.3, -0.25) is 0 Å². The van der Waals surface area contributed by atoms with Gasteiger partial charge in [0.1, 0.15) is 18.4 Å². The number of ether oxygens (including phenoxy) is 1. The number of hydrogen-bond donors (Lipinski definition) is 2. The van der Waals surface area contributed by atoms with Crippen LogP contribution >= 0.6 is 0 Å². The fourth-order valence-electron chi connectivity index (χ4n) is 2.21. The topological polar surface area (TPSA) is 76.4 Å². The molecule has 0 aliphatic rings. The third kappa shape index (κ3) is 6.28. The van der Waals surface area contributed by atoms with Crippen LogP contribution in [0.1, 0.15) is 25.3 Å². The monoisotopic (exact) mass is 330 g/mol. The lowest BCUT2D eigenvalue weighted by Crippen LogP contribution is -2.37. The fourth-order valence-corrected chi connectivity index (χ4v) is 2.21. The molecule has 0 amide bonds. The summed E-state index contributed by atoms with van der Waals surface area (Å²) in [4.78, 5) is 4.62. The molecule has 130 valence electrons. The highest BCUT2D eigenvalue weighted by Crippen LogP contribution is 2.11. The molecule has 0 radical (unpaired) electrons. The minimum atomic E-state index is 0.639. The van der Waals surface area contributed by atoms with Gasteiger partial charge >= 0.3 is 0 Å². The third-order valence-electron chi connectivity index (χ3n) is 3.53. The number of hydrogen-bond acceptors (Lipinski definition) is 4. The number of benzene rings is 1. The van der Waals surface area contributed by atoms with Crippen molar-refractivity contribution < 1.29 is 4.74 Å². The van der Waals surface area contributed by atoms with Crippen LogP contribution in [0.3, 0.4) is 0 Å². The summed E-state index contributed by atoms with van der Waals surface area (Å²) in [5.41, 5.74) is 1.15. The van der Waals surface area contributed by atoms with Gasteiger partial charge in [0.25, 0.3) is 0 Å². The van der Waals surface area contributed by atoms with Crippen molar-refractivity contribution in [3.05, 3.63) is 42.5 Å². The Kier molecular flexibility index (Phi) is 7.59. The van der Waals surface area contributed by atoms with Crippen molar-refractivity contribution >= 4 is 5.96 Å². The van der Waals surface area contributed by atoms with Gasteiger partial charge in [-0.15, -0.1) is 10.2 Å². The van der Waals surface area contributed by atoms with Crippen molar-refractivity contribution in [3.63, 3.8) is 0 Å². The number of rotatable bonds is 9. The van der Waals surface area contributed by atoms with E-state index in [0.29, 0.717) is 6.54 Å². The average molecular weight is 330 g/mol. The molecule has 0 bridgehead atoms. The van der Waals surface area contributed by atoms with Crippen LogP contribution in [0.5, 0.6) is 5.75 Å². The Morgan fingerprint density at radius 2 is 1.88 bits per heavy atom. The van der Waals surface area contributed by atoms with Crippen molar-refractivity contribution in [3.8, 4) is 5.75 Å². The van der Waals surface area contributed by atoms with Crippen molar-refractivity contribution in [2.45, 2.75) is 32.9 Å². The van der Waals surface area contributed by atoms with Gasteiger partial charge in [-0.25, -0.2) is 4.99 Å². The van der Waals surface area contributed by atoms with Gasteiger partial charge in [0.15, 0.2) is 5.96 Å². The fraction of sp³-hybridized carbons (Fsp3) is 0.471. The molecule has 1 heterocycles. The number of nitrogens with one attached hydrogen (secondary N) is 2. The minimum Gasteiger partial charge on any atom is -0.497 e. The lowest BCUT2D eigenvalue weighted by molar-refractivity contribution is 0.414. The molecule has 7 nitrogen and oxygen atoms in total. The summed E-state index contributed by atoms with van der Waals surface area (Å²) in [5, 5.41) is 14.2. The Labute approximate surface area is 143 Å². The first kappa shape index (κ1) is 17.8. The van der Waals surface area contributed by atoms with Crippen molar-refractivity contribution in [1.82, 2.24) is 25.4 Å². The SMILES string of the molecule is CCNC(=NCc1ccc(OC)cc1)NCCCCn1cnnc1. The van der Waals surface area contributed by atoms with Crippen molar-refractivity contribution in [2.75, 3.05) is 20.2 Å². The van der Waals surface area contributed by atoms with E-state index in [-0.39, 0.29) is 0 Å². The molecule has 2 N–H and O–H groups in total. The van der Waals surface area contributed by atoms with Crippen LogP contribution in [0.25, 0.3) is 0 Å². The summed E-state index contributed by atoms with van der Waals surface area (Å²) < 4.78 is 7.16. The van der Waals surface area contributed by atoms with E-state index in [1.54, 1.807) is 19.8 Å². The summed E-state index contributed by atoms with van der Waals surface area (Å²) in [6.07, 6.45) is 5.62. The van der Waals surface area contributed by atoms with Crippen LogP contribution in [0.15, 0.2) is 41.9 Å². The van der Waals surface area contributed by atoms with E-state index < -0.39 is 0 Å². The molecule has 0 fully saturated rings. The summed E-state index contributed by atoms with van der Waals surface area (Å²) in [6, 6.07) is 7.97. The largest absolute Gasteiger partial charge is 0.497 e. The maximum atomic E-state index is 5.17. The minimum absolute atomic E-state index is 0.639. The number of aliphatic imine (C=N–C) groups is 1. The predicted octanol–water partition coefficient (Wildman–Crippen LogP) is 1.82. The Balaban J connectivity index is 1.73. The van der Waals surface area contributed by atoms with E-state index in [1.165, 1.54) is 0 Å². The van der Waals surface area contributed by atoms with Crippen LogP contribution in [0.2, 0.25) is 0 Å². The first-order valence-corrected chi connectivity index (χ1v) is 8.29. The average Bonchev–Trinajstić information content (AvgIpc) is 3.13. The number of methoxy groups -OCH3 is 1. The summed E-state index contributed by atoms with van der Waals surface area (Å²) in [7, 11) is 1.67. The quantitative estimate of drug-likeness (QED) is 0.417. The second kappa shape index (κ2) is 10.3. The van der Waals surface area contributed by atoms with E-state index in [2.05, 4.69) is 32.7 Å². The van der Waals surface area contributed by atoms with Crippen LogP contribution in [-0.2, 0) is 13.1 Å². The zero-order chi connectivity index (χ0) is 17.0.